The summed E-state index contributed by atoms with van der Waals surface area (Å²) in [6.45, 7) is 4.08. The molecule has 1 rings (SSSR count). The van der Waals surface area contributed by atoms with Crippen LogP contribution in [-0.4, -0.2) is 5.91 Å². The van der Waals surface area contributed by atoms with Gasteiger partial charge in [0.25, 0.3) is 0 Å². The molecule has 0 spiro atoms. The summed E-state index contributed by atoms with van der Waals surface area (Å²) in [4.78, 5) is 9.59. The predicted molar refractivity (Wildman–Crippen MR) is 51.7 cm³/mol. The zero-order valence-electron chi connectivity index (χ0n) is 8.31. The van der Waals surface area contributed by atoms with E-state index in [0.717, 1.165) is 5.92 Å². The third kappa shape index (κ3) is 7.58. The van der Waals surface area contributed by atoms with E-state index in [4.69, 9.17) is 0 Å². The number of hydrogen-bond acceptors (Lipinski definition) is 1. The third-order valence-corrected chi connectivity index (χ3v) is 2.24. The maximum atomic E-state index is 9.59. The second-order valence-corrected chi connectivity index (χ2v) is 3.56. The van der Waals surface area contributed by atoms with Gasteiger partial charge in [0.05, 0.1) is 0 Å². The van der Waals surface area contributed by atoms with Gasteiger partial charge in [0.1, 0.15) is 0 Å². The van der Waals surface area contributed by atoms with Crippen molar-refractivity contribution in [3.63, 3.8) is 0 Å². The van der Waals surface area contributed by atoms with Crippen molar-refractivity contribution >= 4 is 5.91 Å². The first-order valence-corrected chi connectivity index (χ1v) is 4.95. The molecule has 0 aromatic carbocycles. The molecule has 0 atom stereocenters. The topological polar surface area (TPSA) is 43.1 Å². The normalized spacial score (nSPS) is 17.8. The number of hydrogen-bond donors (Lipinski definition) is 1. The van der Waals surface area contributed by atoms with E-state index in [-0.39, 0.29) is 5.91 Å². The Morgan fingerprint density at radius 2 is 1.75 bits per heavy atom. The predicted octanol–water partition coefficient (Wildman–Crippen LogP) is 2.47. The maximum absolute atomic E-state index is 9.59. The Labute approximate surface area is 75.5 Å². The molecule has 1 fully saturated rings. The van der Waals surface area contributed by atoms with Crippen LogP contribution in [0.25, 0.3) is 0 Å². The first-order valence-electron chi connectivity index (χ1n) is 4.95. The van der Waals surface area contributed by atoms with Crippen LogP contribution in [0.3, 0.4) is 0 Å². The van der Waals surface area contributed by atoms with E-state index >= 15 is 0 Å². The van der Waals surface area contributed by atoms with Gasteiger partial charge >= 0.3 is 0 Å². The van der Waals surface area contributed by atoms with E-state index in [1.807, 2.05) is 0 Å². The number of rotatable bonds is 1. The average molecular weight is 171 g/mol. The van der Waals surface area contributed by atoms with E-state index in [2.05, 4.69) is 12.7 Å². The van der Waals surface area contributed by atoms with Gasteiger partial charge in [-0.05, 0) is 5.92 Å². The fourth-order valence-corrected chi connectivity index (χ4v) is 1.31. The number of primary amides is 1. The molecule has 0 heterocycles. The number of carbonyl (C=O) groups excluding carboxylic acids is 1. The highest BCUT2D eigenvalue weighted by atomic mass is 16.1. The molecule has 12 heavy (non-hydrogen) atoms. The molecule has 2 N–H and O–H groups in total. The van der Waals surface area contributed by atoms with Crippen molar-refractivity contribution in [3.05, 3.63) is 0 Å². The first kappa shape index (κ1) is 11.5. The Hall–Kier alpha value is -0.530. The molecule has 0 unspecified atom stereocenters. The van der Waals surface area contributed by atoms with Crippen molar-refractivity contribution in [1.82, 2.24) is 0 Å². The second kappa shape index (κ2) is 7.14. The molecule has 0 aliphatic heterocycles. The number of amides is 1. The van der Waals surface area contributed by atoms with E-state index in [1.165, 1.54) is 32.1 Å². The van der Waals surface area contributed by atoms with Crippen LogP contribution >= 0.6 is 0 Å². The van der Waals surface area contributed by atoms with E-state index < -0.39 is 0 Å². The molecule has 1 aliphatic carbocycles. The third-order valence-electron chi connectivity index (χ3n) is 2.24. The quantitative estimate of drug-likeness (QED) is 0.647. The second-order valence-electron chi connectivity index (χ2n) is 3.56. The number of carbonyl (C=O) groups is 1. The largest absolute Gasteiger partial charge is 0.370 e. The zero-order valence-corrected chi connectivity index (χ0v) is 8.31. The van der Waals surface area contributed by atoms with Crippen molar-refractivity contribution in [2.75, 3.05) is 0 Å². The van der Waals surface area contributed by atoms with Crippen molar-refractivity contribution in [2.45, 2.75) is 52.4 Å². The maximum Gasteiger partial charge on any atom is 0.217 e. The summed E-state index contributed by atoms with van der Waals surface area (Å²) >= 11 is 0. The van der Waals surface area contributed by atoms with Crippen molar-refractivity contribution in [2.24, 2.45) is 11.7 Å². The fraction of sp³-hybridized carbons (Fsp3) is 0.900. The van der Waals surface area contributed by atoms with Gasteiger partial charge in [-0.15, -0.1) is 0 Å². The Morgan fingerprint density at radius 1 is 1.33 bits per heavy atom. The first-order chi connectivity index (χ1) is 5.66. The van der Waals surface area contributed by atoms with Gasteiger partial charge in [0, 0.05) is 6.42 Å². The molecule has 0 saturated heterocycles. The van der Waals surface area contributed by atoms with E-state index in [1.54, 1.807) is 6.92 Å². The highest BCUT2D eigenvalue weighted by Gasteiger charge is 2.05. The van der Waals surface area contributed by atoms with Crippen molar-refractivity contribution < 1.29 is 4.79 Å². The van der Waals surface area contributed by atoms with Crippen molar-refractivity contribution in [3.8, 4) is 0 Å². The fourth-order valence-electron chi connectivity index (χ4n) is 1.31. The van der Waals surface area contributed by atoms with E-state index in [0.29, 0.717) is 6.42 Å². The molecule has 0 aromatic heterocycles. The molecule has 72 valence electrons. The molecule has 2 nitrogen and oxygen atoms in total. The van der Waals surface area contributed by atoms with Crippen LogP contribution in [0.5, 0.6) is 0 Å². The van der Waals surface area contributed by atoms with Gasteiger partial charge in [0.15, 0.2) is 0 Å². The molecule has 2 heteroatoms. The van der Waals surface area contributed by atoms with Crippen LogP contribution in [0.1, 0.15) is 52.4 Å². The van der Waals surface area contributed by atoms with Crippen LogP contribution in [0.4, 0.5) is 0 Å². The Morgan fingerprint density at radius 3 is 1.92 bits per heavy atom. The molecule has 0 radical (unpaired) electrons. The minimum atomic E-state index is -0.245. The Balaban J connectivity index is 0.000000217. The molecule has 0 bridgehead atoms. The van der Waals surface area contributed by atoms with Crippen LogP contribution < -0.4 is 5.73 Å². The zero-order chi connectivity index (χ0) is 9.40. The summed E-state index contributed by atoms with van der Waals surface area (Å²) in [5.74, 6) is 0.791. The Bertz CT molecular complexity index is 117. The standard InChI is InChI=1S/C7H14.C3H7NO/c1-7-5-3-2-4-6-7;1-2-3(4)5/h7H,2-6H2,1H3;2H2,1H3,(H2,4,5). The molecule has 1 aliphatic rings. The summed E-state index contributed by atoms with van der Waals surface area (Å²) in [6, 6.07) is 0. The van der Waals surface area contributed by atoms with E-state index in [9.17, 15) is 4.79 Å². The smallest absolute Gasteiger partial charge is 0.217 e. The van der Waals surface area contributed by atoms with Gasteiger partial charge in [-0.1, -0.05) is 46.0 Å². The molecular formula is C10H21NO. The van der Waals surface area contributed by atoms with Crippen molar-refractivity contribution in [1.29, 1.82) is 0 Å². The summed E-state index contributed by atoms with van der Waals surface area (Å²) in [5.41, 5.74) is 4.65. The lowest BCUT2D eigenvalue weighted by Crippen LogP contribution is -2.06. The van der Waals surface area contributed by atoms with Crippen LogP contribution in [0.15, 0.2) is 0 Å². The lowest BCUT2D eigenvalue weighted by atomic mass is 9.91. The SMILES string of the molecule is CC1CCCCC1.CCC(N)=O. The summed E-state index contributed by atoms with van der Waals surface area (Å²) in [5, 5.41) is 0. The molecule has 1 amide bonds. The van der Waals surface area contributed by atoms with Gasteiger partial charge in [-0.2, -0.15) is 0 Å². The molecule has 0 aromatic rings. The minimum absolute atomic E-state index is 0.245. The lowest BCUT2D eigenvalue weighted by molar-refractivity contribution is -0.117. The highest BCUT2D eigenvalue weighted by Crippen LogP contribution is 2.21. The number of nitrogens with two attached hydrogens (primary N) is 1. The van der Waals surface area contributed by atoms with Gasteiger partial charge < -0.3 is 5.73 Å². The molecule has 1 saturated carbocycles. The summed E-state index contributed by atoms with van der Waals surface area (Å²) < 4.78 is 0. The highest BCUT2D eigenvalue weighted by molar-refractivity contribution is 5.73. The molecular weight excluding hydrogens is 150 g/mol. The van der Waals surface area contributed by atoms with Gasteiger partial charge in [-0.25, -0.2) is 0 Å². The average Bonchev–Trinajstić information content (AvgIpc) is 2.07. The Kier molecular flexibility index (Phi) is 6.82. The van der Waals surface area contributed by atoms with Crippen LogP contribution in [0, 0.1) is 5.92 Å². The van der Waals surface area contributed by atoms with Gasteiger partial charge in [-0.3, -0.25) is 4.79 Å². The monoisotopic (exact) mass is 171 g/mol. The van der Waals surface area contributed by atoms with Gasteiger partial charge in [0.2, 0.25) is 5.91 Å². The minimum Gasteiger partial charge on any atom is -0.370 e. The lowest BCUT2D eigenvalue weighted by Gasteiger charge is -2.15. The summed E-state index contributed by atoms with van der Waals surface area (Å²) in [6.07, 6.45) is 7.88. The van der Waals surface area contributed by atoms with Crippen LogP contribution in [0.2, 0.25) is 0 Å². The summed E-state index contributed by atoms with van der Waals surface area (Å²) in [7, 11) is 0. The van der Waals surface area contributed by atoms with Crippen LogP contribution in [-0.2, 0) is 4.79 Å².